The number of aromatic nitrogens is 4. The zero-order valence-electron chi connectivity index (χ0n) is 14.7. The quantitative estimate of drug-likeness (QED) is 0.722. The van der Waals surface area contributed by atoms with E-state index in [1.54, 1.807) is 4.57 Å². The molecule has 3 rings (SSSR count). The topological polar surface area (TPSA) is 90.9 Å². The highest BCUT2D eigenvalue weighted by molar-refractivity contribution is 5.90. The minimum absolute atomic E-state index is 0.102. The number of hydrogen-bond acceptors (Lipinski definition) is 4. The number of aryl methyl sites for hydroxylation is 2. The van der Waals surface area contributed by atoms with E-state index in [1.807, 2.05) is 0 Å². The number of amides is 1. The van der Waals surface area contributed by atoms with E-state index in [1.165, 1.54) is 31.1 Å². The third kappa shape index (κ3) is 3.50. The van der Waals surface area contributed by atoms with Crippen LogP contribution in [-0.2, 0) is 25.4 Å². The Kier molecular flexibility index (Phi) is 4.89. The Morgan fingerprint density at radius 3 is 2.59 bits per heavy atom. The molecule has 0 spiro atoms. The standard InChI is InChI=1S/C17H17F2N5O3/c1-22-15-14(16(26)23(2)17(22)27)24(9-20-15)7-3-4-13(25)21-10-5-6-11(18)12(19)8-10/h5-6,8-9H,3-4,7H2,1-2H3,(H,21,25). The van der Waals surface area contributed by atoms with Crippen LogP contribution in [-0.4, -0.2) is 24.6 Å². The van der Waals surface area contributed by atoms with Gasteiger partial charge in [0.15, 0.2) is 22.8 Å². The molecule has 3 aromatic rings. The van der Waals surface area contributed by atoms with Crippen LogP contribution < -0.4 is 16.6 Å². The van der Waals surface area contributed by atoms with Gasteiger partial charge in [0.2, 0.25) is 5.91 Å². The summed E-state index contributed by atoms with van der Waals surface area (Å²) in [6.07, 6.45) is 1.93. The molecule has 142 valence electrons. The van der Waals surface area contributed by atoms with Crippen molar-refractivity contribution in [2.75, 3.05) is 5.32 Å². The Labute approximate surface area is 151 Å². The first-order valence-corrected chi connectivity index (χ1v) is 8.15. The normalized spacial score (nSPS) is 11.1. The maximum absolute atomic E-state index is 13.2. The van der Waals surface area contributed by atoms with Crippen molar-refractivity contribution in [3.8, 4) is 0 Å². The molecule has 0 saturated heterocycles. The molecule has 2 aromatic heterocycles. The van der Waals surface area contributed by atoms with Crippen molar-refractivity contribution in [1.82, 2.24) is 18.7 Å². The number of halogens is 2. The number of carbonyl (C=O) groups is 1. The van der Waals surface area contributed by atoms with E-state index in [0.29, 0.717) is 13.0 Å². The molecule has 0 aliphatic rings. The highest BCUT2D eigenvalue weighted by Crippen LogP contribution is 2.14. The molecule has 8 nitrogen and oxygen atoms in total. The second-order valence-corrected chi connectivity index (χ2v) is 6.10. The summed E-state index contributed by atoms with van der Waals surface area (Å²) in [6, 6.07) is 3.10. The Balaban J connectivity index is 1.69. The summed E-state index contributed by atoms with van der Waals surface area (Å²) < 4.78 is 29.9. The molecule has 0 aliphatic carbocycles. The van der Waals surface area contributed by atoms with Crippen LogP contribution in [0.25, 0.3) is 11.2 Å². The Morgan fingerprint density at radius 1 is 1.15 bits per heavy atom. The molecule has 0 aliphatic heterocycles. The minimum Gasteiger partial charge on any atom is -0.326 e. The number of benzene rings is 1. The van der Waals surface area contributed by atoms with Crippen LogP contribution in [0.5, 0.6) is 0 Å². The summed E-state index contributed by atoms with van der Waals surface area (Å²) in [6.45, 7) is 0.329. The molecule has 0 fully saturated rings. The molecule has 0 bridgehead atoms. The van der Waals surface area contributed by atoms with E-state index in [-0.39, 0.29) is 29.2 Å². The van der Waals surface area contributed by atoms with E-state index < -0.39 is 22.9 Å². The van der Waals surface area contributed by atoms with Crippen LogP contribution in [0.3, 0.4) is 0 Å². The maximum Gasteiger partial charge on any atom is 0.332 e. The number of rotatable bonds is 5. The molecule has 1 amide bonds. The van der Waals surface area contributed by atoms with Crippen LogP contribution >= 0.6 is 0 Å². The first-order valence-electron chi connectivity index (χ1n) is 8.15. The summed E-state index contributed by atoms with van der Waals surface area (Å²) in [5.41, 5.74) is -0.216. The first kappa shape index (κ1) is 18.5. The van der Waals surface area contributed by atoms with Gasteiger partial charge in [-0.15, -0.1) is 0 Å². The molecule has 0 unspecified atom stereocenters. The summed E-state index contributed by atoms with van der Waals surface area (Å²) in [7, 11) is 2.91. The summed E-state index contributed by atoms with van der Waals surface area (Å²) in [5, 5.41) is 2.48. The molecule has 1 N–H and O–H groups in total. The lowest BCUT2D eigenvalue weighted by atomic mass is 10.2. The van der Waals surface area contributed by atoms with Crippen LogP contribution in [0.4, 0.5) is 14.5 Å². The minimum atomic E-state index is -1.04. The van der Waals surface area contributed by atoms with E-state index in [9.17, 15) is 23.2 Å². The van der Waals surface area contributed by atoms with Gasteiger partial charge in [-0.05, 0) is 18.6 Å². The van der Waals surface area contributed by atoms with Gasteiger partial charge in [-0.3, -0.25) is 18.7 Å². The van der Waals surface area contributed by atoms with Crippen LogP contribution in [0.1, 0.15) is 12.8 Å². The average molecular weight is 377 g/mol. The molecule has 0 radical (unpaired) electrons. The van der Waals surface area contributed by atoms with Crippen LogP contribution in [0.15, 0.2) is 34.1 Å². The molecular weight excluding hydrogens is 360 g/mol. The fourth-order valence-electron chi connectivity index (χ4n) is 2.77. The number of nitrogens with zero attached hydrogens (tertiary/aromatic N) is 4. The monoisotopic (exact) mass is 377 g/mol. The SMILES string of the molecule is Cn1c(=O)c2c(ncn2CCCC(=O)Nc2ccc(F)c(F)c2)n(C)c1=O. The third-order valence-electron chi connectivity index (χ3n) is 4.22. The largest absolute Gasteiger partial charge is 0.332 e. The lowest BCUT2D eigenvalue weighted by Crippen LogP contribution is -2.37. The van der Waals surface area contributed by atoms with Crippen molar-refractivity contribution < 1.29 is 13.6 Å². The first-order chi connectivity index (χ1) is 12.8. The highest BCUT2D eigenvalue weighted by atomic mass is 19.2. The van der Waals surface area contributed by atoms with Crippen LogP contribution in [0, 0.1) is 11.6 Å². The van der Waals surface area contributed by atoms with Crippen molar-refractivity contribution in [1.29, 1.82) is 0 Å². The average Bonchev–Trinajstić information content (AvgIpc) is 3.05. The molecule has 10 heteroatoms. The van der Waals surface area contributed by atoms with Gasteiger partial charge in [-0.1, -0.05) is 0 Å². The number of hydrogen-bond donors (Lipinski definition) is 1. The summed E-state index contributed by atoms with van der Waals surface area (Å²) in [4.78, 5) is 40.3. The molecule has 0 atom stereocenters. The number of nitrogens with one attached hydrogen (secondary N) is 1. The smallest absolute Gasteiger partial charge is 0.326 e. The zero-order chi connectivity index (χ0) is 19.7. The van der Waals surface area contributed by atoms with Gasteiger partial charge < -0.3 is 9.88 Å². The van der Waals surface area contributed by atoms with Crippen molar-refractivity contribution in [2.45, 2.75) is 19.4 Å². The lowest BCUT2D eigenvalue weighted by Gasteiger charge is -2.08. The van der Waals surface area contributed by atoms with E-state index in [4.69, 9.17) is 0 Å². The number of anilines is 1. The van der Waals surface area contributed by atoms with Crippen molar-refractivity contribution in [3.05, 3.63) is 57.0 Å². The van der Waals surface area contributed by atoms with Crippen molar-refractivity contribution in [2.24, 2.45) is 14.1 Å². The summed E-state index contributed by atoms with van der Waals surface area (Å²) >= 11 is 0. The predicted molar refractivity (Wildman–Crippen MR) is 94.4 cm³/mol. The molecule has 27 heavy (non-hydrogen) atoms. The fourth-order valence-corrected chi connectivity index (χ4v) is 2.77. The number of fused-ring (bicyclic) bond motifs is 1. The van der Waals surface area contributed by atoms with Gasteiger partial charge >= 0.3 is 5.69 Å². The van der Waals surface area contributed by atoms with Gasteiger partial charge in [0.25, 0.3) is 5.56 Å². The molecule has 0 saturated carbocycles. The number of carbonyl (C=O) groups excluding carboxylic acids is 1. The lowest BCUT2D eigenvalue weighted by molar-refractivity contribution is -0.116. The molecule has 1 aromatic carbocycles. The van der Waals surface area contributed by atoms with E-state index >= 15 is 0 Å². The van der Waals surface area contributed by atoms with Gasteiger partial charge in [-0.25, -0.2) is 18.6 Å². The zero-order valence-corrected chi connectivity index (χ0v) is 14.7. The van der Waals surface area contributed by atoms with Gasteiger partial charge in [0, 0.05) is 38.8 Å². The maximum atomic E-state index is 13.2. The predicted octanol–water partition coefficient (Wildman–Crippen LogP) is 1.13. The van der Waals surface area contributed by atoms with Crippen LogP contribution in [0.2, 0.25) is 0 Å². The van der Waals surface area contributed by atoms with Gasteiger partial charge in [0.1, 0.15) is 0 Å². The Hall–Kier alpha value is -3.30. The Morgan fingerprint density at radius 2 is 1.89 bits per heavy atom. The third-order valence-corrected chi connectivity index (χ3v) is 4.22. The van der Waals surface area contributed by atoms with Gasteiger partial charge in [0.05, 0.1) is 6.33 Å². The second-order valence-electron chi connectivity index (χ2n) is 6.10. The highest BCUT2D eigenvalue weighted by Gasteiger charge is 2.14. The van der Waals surface area contributed by atoms with Gasteiger partial charge in [-0.2, -0.15) is 0 Å². The Bertz CT molecular complexity index is 1150. The van der Waals surface area contributed by atoms with Crippen molar-refractivity contribution >= 4 is 22.8 Å². The second kappa shape index (κ2) is 7.14. The molecule has 2 heterocycles. The van der Waals surface area contributed by atoms with Crippen molar-refractivity contribution in [3.63, 3.8) is 0 Å². The number of imidazole rings is 1. The summed E-state index contributed by atoms with van der Waals surface area (Å²) in [5.74, 6) is -2.40. The molecular formula is C17H17F2N5O3. The van der Waals surface area contributed by atoms with E-state index in [2.05, 4.69) is 10.3 Å². The van der Waals surface area contributed by atoms with E-state index in [0.717, 1.165) is 16.7 Å². The fraction of sp³-hybridized carbons (Fsp3) is 0.294.